The quantitative estimate of drug-likeness (QED) is 0.531. The molecule has 1 fully saturated rings. The smallest absolute Gasteiger partial charge is 0.305 e. The number of ether oxygens (including phenoxy) is 1. The molecule has 176 valence electrons. The van der Waals surface area contributed by atoms with Crippen LogP contribution < -0.4 is 15.4 Å². The first-order valence-electron chi connectivity index (χ1n) is 11.5. The number of rotatable bonds is 9. The molecule has 3 N–H and O–H groups in total. The summed E-state index contributed by atoms with van der Waals surface area (Å²) in [5, 5.41) is 15.4. The molecule has 0 unspecified atom stereocenters. The SMILES string of the molecule is COc1ccc([C@H](CC(=O)O)NC(=O)C2CC(CCc3ccc4c(n3)NCCC4)C2)cc1F. The highest BCUT2D eigenvalue weighted by molar-refractivity contribution is 5.81. The van der Waals surface area contributed by atoms with Gasteiger partial charge in [-0.2, -0.15) is 0 Å². The van der Waals surface area contributed by atoms with Gasteiger partial charge in [0.25, 0.3) is 0 Å². The first-order chi connectivity index (χ1) is 15.9. The van der Waals surface area contributed by atoms with Gasteiger partial charge in [0.15, 0.2) is 11.6 Å². The van der Waals surface area contributed by atoms with Gasteiger partial charge in [-0.15, -0.1) is 0 Å². The Morgan fingerprint density at radius 1 is 1.30 bits per heavy atom. The van der Waals surface area contributed by atoms with E-state index in [1.807, 2.05) is 0 Å². The van der Waals surface area contributed by atoms with Crippen molar-refractivity contribution in [2.24, 2.45) is 11.8 Å². The van der Waals surface area contributed by atoms with E-state index in [1.165, 1.54) is 24.8 Å². The first-order valence-corrected chi connectivity index (χ1v) is 11.5. The zero-order valence-corrected chi connectivity index (χ0v) is 18.8. The van der Waals surface area contributed by atoms with Gasteiger partial charge in [-0.1, -0.05) is 12.1 Å². The lowest BCUT2D eigenvalue weighted by Crippen LogP contribution is -2.41. The molecular weight excluding hydrogens is 425 g/mol. The van der Waals surface area contributed by atoms with E-state index in [9.17, 15) is 19.1 Å². The van der Waals surface area contributed by atoms with E-state index in [0.29, 0.717) is 11.5 Å². The van der Waals surface area contributed by atoms with Crippen LogP contribution in [0.4, 0.5) is 10.2 Å². The van der Waals surface area contributed by atoms with Crippen molar-refractivity contribution in [3.8, 4) is 5.75 Å². The van der Waals surface area contributed by atoms with Crippen LogP contribution in [0.1, 0.15) is 55.0 Å². The topological polar surface area (TPSA) is 101 Å². The fourth-order valence-electron chi connectivity index (χ4n) is 4.66. The van der Waals surface area contributed by atoms with Gasteiger partial charge in [0.05, 0.1) is 19.6 Å². The third-order valence-corrected chi connectivity index (χ3v) is 6.64. The predicted molar refractivity (Wildman–Crippen MR) is 122 cm³/mol. The standard InChI is InChI=1S/C25H30FN3O4/c1-33-22-9-6-17(13-20(22)26)21(14-23(30)31)29-25(32)18-11-15(12-18)4-7-19-8-5-16-3-2-10-27-24(16)28-19/h5-6,8-9,13,15,18,21H,2-4,7,10-12,14H2,1H3,(H,27,28)(H,29,32)(H,30,31)/t15?,18?,21-/m0/s1. The highest BCUT2D eigenvalue weighted by Gasteiger charge is 2.35. The van der Waals surface area contributed by atoms with Crippen LogP contribution >= 0.6 is 0 Å². The third-order valence-electron chi connectivity index (χ3n) is 6.64. The van der Waals surface area contributed by atoms with Crippen LogP contribution in [0.3, 0.4) is 0 Å². The fraction of sp³-hybridized carbons (Fsp3) is 0.480. The number of amides is 1. The van der Waals surface area contributed by atoms with E-state index in [1.54, 1.807) is 6.07 Å². The molecule has 0 spiro atoms. The highest BCUT2D eigenvalue weighted by atomic mass is 19.1. The summed E-state index contributed by atoms with van der Waals surface area (Å²) < 4.78 is 19.0. The highest BCUT2D eigenvalue weighted by Crippen LogP contribution is 2.38. The summed E-state index contributed by atoms with van der Waals surface area (Å²) in [5.74, 6) is -0.445. The van der Waals surface area contributed by atoms with Gasteiger partial charge in [-0.25, -0.2) is 9.37 Å². The number of carbonyl (C=O) groups excluding carboxylic acids is 1. The lowest BCUT2D eigenvalue weighted by molar-refractivity contribution is -0.138. The summed E-state index contributed by atoms with van der Waals surface area (Å²) >= 11 is 0. The van der Waals surface area contributed by atoms with Crippen molar-refractivity contribution in [3.05, 3.63) is 53.0 Å². The van der Waals surface area contributed by atoms with Crippen LogP contribution in [0, 0.1) is 17.7 Å². The van der Waals surface area contributed by atoms with Gasteiger partial charge in [-0.3, -0.25) is 9.59 Å². The van der Waals surface area contributed by atoms with Crippen LogP contribution in [-0.2, 0) is 22.4 Å². The number of aryl methyl sites for hydroxylation is 2. The van der Waals surface area contributed by atoms with Crippen molar-refractivity contribution in [2.75, 3.05) is 19.0 Å². The lowest BCUT2D eigenvalue weighted by Gasteiger charge is -2.35. The number of anilines is 1. The number of aromatic nitrogens is 1. The minimum Gasteiger partial charge on any atom is -0.494 e. The van der Waals surface area contributed by atoms with Crippen LogP contribution in [0.25, 0.3) is 0 Å². The Labute approximate surface area is 192 Å². The summed E-state index contributed by atoms with van der Waals surface area (Å²) in [6.45, 7) is 0.967. The first kappa shape index (κ1) is 23.0. The number of nitrogens with zero attached hydrogens (tertiary/aromatic N) is 1. The van der Waals surface area contributed by atoms with Gasteiger partial charge < -0.3 is 20.5 Å². The second-order valence-corrected chi connectivity index (χ2v) is 8.97. The molecule has 0 radical (unpaired) electrons. The average Bonchev–Trinajstić information content (AvgIpc) is 2.77. The van der Waals surface area contributed by atoms with E-state index < -0.39 is 17.8 Å². The minimum absolute atomic E-state index is 0.0742. The van der Waals surface area contributed by atoms with E-state index in [-0.39, 0.29) is 24.0 Å². The normalized spacial score (nSPS) is 20.1. The molecule has 1 saturated carbocycles. The molecule has 8 heteroatoms. The van der Waals surface area contributed by atoms with Gasteiger partial charge in [0.2, 0.25) is 5.91 Å². The molecule has 1 aromatic carbocycles. The number of carboxylic acids is 1. The number of fused-ring (bicyclic) bond motifs is 1. The Bertz CT molecular complexity index is 1020. The molecule has 2 aromatic rings. The molecule has 4 rings (SSSR count). The van der Waals surface area contributed by atoms with E-state index in [0.717, 1.165) is 56.6 Å². The molecule has 1 aliphatic carbocycles. The summed E-state index contributed by atoms with van der Waals surface area (Å²) in [7, 11) is 1.36. The summed E-state index contributed by atoms with van der Waals surface area (Å²) in [6.07, 6.45) is 5.28. The van der Waals surface area contributed by atoms with Gasteiger partial charge >= 0.3 is 5.97 Å². The lowest BCUT2D eigenvalue weighted by atomic mass is 9.72. The zero-order chi connectivity index (χ0) is 23.4. The van der Waals surface area contributed by atoms with Crippen LogP contribution in [0.2, 0.25) is 0 Å². The number of benzene rings is 1. The molecule has 1 amide bonds. The number of aliphatic carboxylic acids is 1. The molecule has 0 bridgehead atoms. The Balaban J connectivity index is 1.28. The number of hydrogen-bond donors (Lipinski definition) is 3. The number of carbonyl (C=O) groups is 2. The monoisotopic (exact) mass is 455 g/mol. The Morgan fingerprint density at radius 2 is 2.12 bits per heavy atom. The van der Waals surface area contributed by atoms with Crippen molar-refractivity contribution in [2.45, 2.75) is 51.0 Å². The Kier molecular flexibility index (Phi) is 7.11. The van der Waals surface area contributed by atoms with E-state index in [2.05, 4.69) is 22.8 Å². The second-order valence-electron chi connectivity index (χ2n) is 8.97. The van der Waals surface area contributed by atoms with E-state index in [4.69, 9.17) is 9.72 Å². The van der Waals surface area contributed by atoms with Gasteiger partial charge in [0.1, 0.15) is 5.82 Å². The predicted octanol–water partition coefficient (Wildman–Crippen LogP) is 3.88. The van der Waals surface area contributed by atoms with Crippen molar-refractivity contribution in [1.82, 2.24) is 10.3 Å². The number of halogens is 1. The van der Waals surface area contributed by atoms with Gasteiger partial charge in [0, 0.05) is 18.2 Å². The summed E-state index contributed by atoms with van der Waals surface area (Å²) in [6, 6.07) is 7.71. The molecule has 2 aliphatic rings. The van der Waals surface area contributed by atoms with Crippen LogP contribution in [0.15, 0.2) is 30.3 Å². The van der Waals surface area contributed by atoms with Crippen molar-refractivity contribution < 1.29 is 23.8 Å². The molecule has 1 aromatic heterocycles. The number of carboxylic acid groups (broad SMARTS) is 1. The minimum atomic E-state index is -1.06. The molecule has 1 aliphatic heterocycles. The zero-order valence-electron chi connectivity index (χ0n) is 18.8. The van der Waals surface area contributed by atoms with Crippen molar-refractivity contribution >= 4 is 17.7 Å². The van der Waals surface area contributed by atoms with Gasteiger partial charge in [-0.05, 0) is 73.8 Å². The Hall–Kier alpha value is -3.16. The average molecular weight is 456 g/mol. The van der Waals surface area contributed by atoms with Crippen molar-refractivity contribution in [1.29, 1.82) is 0 Å². The maximum atomic E-state index is 14.1. The summed E-state index contributed by atoms with van der Waals surface area (Å²) in [5.41, 5.74) is 2.75. The number of nitrogens with one attached hydrogen (secondary N) is 2. The molecular formula is C25H30FN3O4. The largest absolute Gasteiger partial charge is 0.494 e. The molecule has 0 saturated heterocycles. The third kappa shape index (κ3) is 5.61. The summed E-state index contributed by atoms with van der Waals surface area (Å²) in [4.78, 5) is 28.8. The molecule has 7 nitrogen and oxygen atoms in total. The van der Waals surface area contributed by atoms with Crippen molar-refractivity contribution in [3.63, 3.8) is 0 Å². The molecule has 1 atom stereocenters. The number of hydrogen-bond acceptors (Lipinski definition) is 5. The number of pyridine rings is 1. The van der Waals surface area contributed by atoms with Crippen LogP contribution in [-0.4, -0.2) is 35.6 Å². The fourth-order valence-corrected chi connectivity index (χ4v) is 4.66. The number of methoxy groups -OCH3 is 1. The Morgan fingerprint density at radius 3 is 2.85 bits per heavy atom. The second kappa shape index (κ2) is 10.2. The molecule has 33 heavy (non-hydrogen) atoms. The van der Waals surface area contributed by atoms with Crippen LogP contribution in [0.5, 0.6) is 5.75 Å². The van der Waals surface area contributed by atoms with E-state index >= 15 is 0 Å². The maximum absolute atomic E-state index is 14.1. The maximum Gasteiger partial charge on any atom is 0.305 e. The molecule has 2 heterocycles.